The summed E-state index contributed by atoms with van der Waals surface area (Å²) in [5.74, 6) is 0.355. The number of furan rings is 1. The van der Waals surface area contributed by atoms with Crippen LogP contribution < -0.4 is 5.32 Å². The Morgan fingerprint density at radius 3 is 3.00 bits per heavy atom. The van der Waals surface area contributed by atoms with E-state index in [2.05, 4.69) is 15.4 Å². The van der Waals surface area contributed by atoms with Crippen LogP contribution in [0.1, 0.15) is 16.4 Å². The number of aromatic nitrogens is 3. The largest absolute Gasteiger partial charge is 0.440 e. The summed E-state index contributed by atoms with van der Waals surface area (Å²) in [5, 5.41) is 6.81. The van der Waals surface area contributed by atoms with Crippen molar-refractivity contribution in [3.8, 4) is 0 Å². The van der Waals surface area contributed by atoms with Crippen molar-refractivity contribution in [2.45, 2.75) is 6.54 Å². The molecular weight excluding hydrogens is 232 g/mol. The molecule has 2 aromatic heterocycles. The Labute approximate surface area is 96.2 Å². The van der Waals surface area contributed by atoms with Crippen LogP contribution in [0.4, 0.5) is 0 Å². The normalized spacial score (nSPS) is 10.4. The van der Waals surface area contributed by atoms with E-state index in [1.807, 2.05) is 0 Å². The minimum absolute atomic E-state index is 0.168. The number of hydrogen-bond donors (Lipinski definition) is 1. The summed E-state index contributed by atoms with van der Waals surface area (Å²) in [6.45, 7) is 0.248. The Morgan fingerprint density at radius 1 is 1.62 bits per heavy atom. The van der Waals surface area contributed by atoms with Gasteiger partial charge < -0.3 is 9.73 Å². The van der Waals surface area contributed by atoms with Crippen LogP contribution in [0, 0.1) is 0 Å². The molecule has 0 atom stereocenters. The first kappa shape index (κ1) is 10.7. The van der Waals surface area contributed by atoms with Crippen LogP contribution in [0.3, 0.4) is 0 Å². The van der Waals surface area contributed by atoms with Gasteiger partial charge in [-0.1, -0.05) is 0 Å². The zero-order chi connectivity index (χ0) is 11.5. The average molecular weight is 241 g/mol. The fraction of sp³-hybridized carbons (Fsp3) is 0.222. The van der Waals surface area contributed by atoms with Crippen molar-refractivity contribution in [2.75, 3.05) is 0 Å². The summed E-state index contributed by atoms with van der Waals surface area (Å²) in [6.07, 6.45) is 1.56. The van der Waals surface area contributed by atoms with E-state index in [9.17, 15) is 4.79 Å². The maximum Gasteiger partial charge on any atom is 0.287 e. The third kappa shape index (κ3) is 2.40. The zero-order valence-corrected chi connectivity index (χ0v) is 9.23. The Bertz CT molecular complexity index is 505. The highest BCUT2D eigenvalue weighted by molar-refractivity contribution is 6.29. The van der Waals surface area contributed by atoms with Gasteiger partial charge in [-0.25, -0.2) is 4.98 Å². The number of halogens is 1. The minimum atomic E-state index is -0.348. The van der Waals surface area contributed by atoms with E-state index in [0.29, 0.717) is 5.82 Å². The first-order valence-electron chi connectivity index (χ1n) is 4.53. The minimum Gasteiger partial charge on any atom is -0.440 e. The molecule has 2 rings (SSSR count). The van der Waals surface area contributed by atoms with Gasteiger partial charge in [0.1, 0.15) is 6.33 Å². The van der Waals surface area contributed by atoms with E-state index < -0.39 is 0 Å². The van der Waals surface area contributed by atoms with Gasteiger partial charge in [0.05, 0.1) is 6.54 Å². The van der Waals surface area contributed by atoms with Crippen LogP contribution in [0.25, 0.3) is 0 Å². The molecule has 16 heavy (non-hydrogen) atoms. The smallest absolute Gasteiger partial charge is 0.287 e. The van der Waals surface area contributed by atoms with Gasteiger partial charge in [0.25, 0.3) is 5.91 Å². The standard InChI is InChI=1S/C9H9ClN4O2/c1-14-5-12-8(13-14)4-11-9(15)6-2-3-7(10)16-6/h2-3,5H,4H2,1H3,(H,11,15). The number of carbonyl (C=O) groups is 1. The number of nitrogens with one attached hydrogen (secondary N) is 1. The van der Waals surface area contributed by atoms with Crippen LogP contribution in [0.15, 0.2) is 22.9 Å². The molecule has 0 aromatic carbocycles. The predicted octanol–water partition coefficient (Wildman–Crippen LogP) is 0.991. The number of nitrogens with zero attached hydrogens (tertiary/aromatic N) is 3. The molecule has 6 nitrogen and oxygen atoms in total. The first-order valence-corrected chi connectivity index (χ1v) is 4.91. The Hall–Kier alpha value is -1.82. The van der Waals surface area contributed by atoms with Crippen LogP contribution in [0.2, 0.25) is 5.22 Å². The lowest BCUT2D eigenvalue weighted by Gasteiger charge is -1.98. The van der Waals surface area contributed by atoms with E-state index in [-0.39, 0.29) is 23.4 Å². The molecule has 2 heterocycles. The highest BCUT2D eigenvalue weighted by atomic mass is 35.5. The highest BCUT2D eigenvalue weighted by Gasteiger charge is 2.10. The van der Waals surface area contributed by atoms with Gasteiger partial charge >= 0.3 is 0 Å². The summed E-state index contributed by atoms with van der Waals surface area (Å²) in [6, 6.07) is 3.01. The molecule has 2 aromatic rings. The summed E-state index contributed by atoms with van der Waals surface area (Å²) in [5.41, 5.74) is 0. The van der Waals surface area contributed by atoms with Gasteiger partial charge in [-0.2, -0.15) is 5.10 Å². The quantitative estimate of drug-likeness (QED) is 0.868. The summed E-state index contributed by atoms with van der Waals surface area (Å²) in [4.78, 5) is 15.5. The van der Waals surface area contributed by atoms with Crippen molar-refractivity contribution in [2.24, 2.45) is 7.05 Å². The number of rotatable bonds is 3. The highest BCUT2D eigenvalue weighted by Crippen LogP contribution is 2.12. The monoisotopic (exact) mass is 240 g/mol. The van der Waals surface area contributed by atoms with Crippen LogP contribution in [-0.2, 0) is 13.6 Å². The second kappa shape index (κ2) is 4.36. The molecular formula is C9H9ClN4O2. The zero-order valence-electron chi connectivity index (χ0n) is 8.48. The number of carbonyl (C=O) groups excluding carboxylic acids is 1. The van der Waals surface area contributed by atoms with E-state index in [1.54, 1.807) is 18.1 Å². The van der Waals surface area contributed by atoms with Crippen molar-refractivity contribution < 1.29 is 9.21 Å². The lowest BCUT2D eigenvalue weighted by atomic mass is 10.4. The molecule has 0 unspecified atom stereocenters. The Kier molecular flexibility index (Phi) is 2.91. The van der Waals surface area contributed by atoms with Crippen molar-refractivity contribution in [3.05, 3.63) is 35.3 Å². The molecule has 0 saturated carbocycles. The van der Waals surface area contributed by atoms with Gasteiger partial charge in [-0.3, -0.25) is 9.48 Å². The van der Waals surface area contributed by atoms with Gasteiger partial charge in [0.15, 0.2) is 16.8 Å². The summed E-state index contributed by atoms with van der Waals surface area (Å²) in [7, 11) is 1.75. The molecule has 0 aliphatic heterocycles. The van der Waals surface area contributed by atoms with Crippen LogP contribution in [-0.4, -0.2) is 20.7 Å². The SMILES string of the molecule is Cn1cnc(CNC(=O)c2ccc(Cl)o2)n1. The molecule has 7 heteroatoms. The second-order valence-electron chi connectivity index (χ2n) is 3.12. The molecule has 0 fully saturated rings. The van der Waals surface area contributed by atoms with E-state index in [4.69, 9.17) is 16.0 Å². The molecule has 0 bridgehead atoms. The summed E-state index contributed by atoms with van der Waals surface area (Å²) < 4.78 is 6.51. The maximum absolute atomic E-state index is 11.5. The Morgan fingerprint density at radius 2 is 2.44 bits per heavy atom. The molecule has 0 aliphatic carbocycles. The predicted molar refractivity (Wildman–Crippen MR) is 55.9 cm³/mol. The van der Waals surface area contributed by atoms with Crippen molar-refractivity contribution in [1.29, 1.82) is 0 Å². The lowest BCUT2D eigenvalue weighted by Crippen LogP contribution is -2.23. The molecule has 84 valence electrons. The average Bonchev–Trinajstić information content (AvgIpc) is 2.84. The lowest BCUT2D eigenvalue weighted by molar-refractivity contribution is 0.0922. The molecule has 0 aliphatic rings. The van der Waals surface area contributed by atoms with Gasteiger partial charge in [0, 0.05) is 7.05 Å². The van der Waals surface area contributed by atoms with Crippen molar-refractivity contribution in [3.63, 3.8) is 0 Å². The molecule has 0 saturated heterocycles. The molecule has 1 amide bonds. The number of aryl methyl sites for hydroxylation is 1. The van der Waals surface area contributed by atoms with Crippen LogP contribution >= 0.6 is 11.6 Å². The van der Waals surface area contributed by atoms with Gasteiger partial charge in [0.2, 0.25) is 0 Å². The molecule has 0 spiro atoms. The number of hydrogen-bond acceptors (Lipinski definition) is 4. The fourth-order valence-corrected chi connectivity index (χ4v) is 1.29. The molecule has 0 radical (unpaired) electrons. The Balaban J connectivity index is 1.93. The van der Waals surface area contributed by atoms with Crippen LogP contribution in [0.5, 0.6) is 0 Å². The number of amides is 1. The van der Waals surface area contributed by atoms with Gasteiger partial charge in [-0.15, -0.1) is 0 Å². The van der Waals surface area contributed by atoms with E-state index >= 15 is 0 Å². The third-order valence-corrected chi connectivity index (χ3v) is 2.05. The van der Waals surface area contributed by atoms with E-state index in [1.165, 1.54) is 12.1 Å². The topological polar surface area (TPSA) is 73.0 Å². The van der Waals surface area contributed by atoms with Crippen molar-refractivity contribution >= 4 is 17.5 Å². The first-order chi connectivity index (χ1) is 7.65. The summed E-state index contributed by atoms with van der Waals surface area (Å²) >= 11 is 5.55. The maximum atomic E-state index is 11.5. The van der Waals surface area contributed by atoms with Crippen molar-refractivity contribution in [1.82, 2.24) is 20.1 Å². The second-order valence-corrected chi connectivity index (χ2v) is 3.49. The third-order valence-electron chi connectivity index (χ3n) is 1.85. The van der Waals surface area contributed by atoms with E-state index in [0.717, 1.165) is 0 Å². The fourth-order valence-electron chi connectivity index (χ4n) is 1.15. The molecule has 1 N–H and O–H groups in total. The van der Waals surface area contributed by atoms with Gasteiger partial charge in [-0.05, 0) is 23.7 Å².